The van der Waals surface area contributed by atoms with E-state index in [2.05, 4.69) is 0 Å². The van der Waals surface area contributed by atoms with Crippen molar-refractivity contribution in [1.29, 1.82) is 0 Å². The van der Waals surface area contributed by atoms with Gasteiger partial charge in [0.15, 0.2) is 6.61 Å². The first-order valence-electron chi connectivity index (χ1n) is 7.02. The number of halogens is 1. The summed E-state index contributed by atoms with van der Waals surface area (Å²) in [4.78, 5) is 26.9. The van der Waals surface area contributed by atoms with E-state index in [1.807, 2.05) is 0 Å². The second kappa shape index (κ2) is 7.89. The number of rotatable bonds is 5. The Morgan fingerprint density at radius 1 is 1.00 bits per heavy atom. The van der Waals surface area contributed by atoms with Gasteiger partial charge >= 0.3 is 0 Å². The number of alkyl halides is 1. The van der Waals surface area contributed by atoms with Crippen LogP contribution in [-0.2, 0) is 9.59 Å². The fourth-order valence-electron chi connectivity index (χ4n) is 2.20. The number of methoxy groups -OCH3 is 1. The number of benzene rings is 1. The van der Waals surface area contributed by atoms with Gasteiger partial charge < -0.3 is 19.3 Å². The topological polar surface area (TPSA) is 59.1 Å². The minimum Gasteiger partial charge on any atom is -0.497 e. The monoisotopic (exact) mass is 326 g/mol. The van der Waals surface area contributed by atoms with E-state index in [-0.39, 0.29) is 24.3 Å². The first-order valence-corrected chi connectivity index (χ1v) is 7.56. The van der Waals surface area contributed by atoms with Crippen LogP contribution in [0.2, 0.25) is 0 Å². The molecule has 1 aromatic carbocycles. The Labute approximate surface area is 134 Å². The van der Waals surface area contributed by atoms with Crippen LogP contribution in [0.4, 0.5) is 0 Å². The van der Waals surface area contributed by atoms with Gasteiger partial charge in [0, 0.05) is 26.2 Å². The summed E-state index contributed by atoms with van der Waals surface area (Å²) in [6.45, 7) is 2.02. The molecule has 2 rings (SSSR count). The van der Waals surface area contributed by atoms with Gasteiger partial charge in [0.2, 0.25) is 5.91 Å². The summed E-state index contributed by atoms with van der Waals surface area (Å²) in [5.41, 5.74) is 0. The van der Waals surface area contributed by atoms with Gasteiger partial charge in [0.25, 0.3) is 5.91 Å². The highest BCUT2D eigenvalue weighted by Crippen LogP contribution is 2.17. The lowest BCUT2D eigenvalue weighted by Gasteiger charge is -2.34. The fourth-order valence-corrected chi connectivity index (χ4v) is 2.37. The molecule has 1 heterocycles. The molecule has 1 aliphatic rings. The van der Waals surface area contributed by atoms with Gasteiger partial charge in [0.05, 0.1) is 7.11 Å². The predicted molar refractivity (Wildman–Crippen MR) is 82.4 cm³/mol. The standard InChI is InChI=1S/C15H19ClN2O4/c1-21-12-2-4-13(5-3-12)22-11-15(20)18-8-6-17(7-9-18)14(19)10-16/h2-5H,6-11H2,1H3. The van der Waals surface area contributed by atoms with Gasteiger partial charge in [-0.3, -0.25) is 9.59 Å². The largest absolute Gasteiger partial charge is 0.497 e. The third kappa shape index (κ3) is 4.27. The molecular formula is C15H19ClN2O4. The average molecular weight is 327 g/mol. The summed E-state index contributed by atoms with van der Waals surface area (Å²) < 4.78 is 10.5. The summed E-state index contributed by atoms with van der Waals surface area (Å²) in [5, 5.41) is 0. The summed E-state index contributed by atoms with van der Waals surface area (Å²) >= 11 is 5.52. The molecule has 0 aromatic heterocycles. The molecule has 0 bridgehead atoms. The van der Waals surface area contributed by atoms with Crippen molar-refractivity contribution in [3.8, 4) is 11.5 Å². The van der Waals surface area contributed by atoms with Gasteiger partial charge in [0.1, 0.15) is 17.4 Å². The lowest BCUT2D eigenvalue weighted by Crippen LogP contribution is -2.51. The minimum absolute atomic E-state index is 0.0181. The number of ether oxygens (including phenoxy) is 2. The molecule has 0 spiro atoms. The highest BCUT2D eigenvalue weighted by molar-refractivity contribution is 6.27. The molecule has 1 aliphatic heterocycles. The Kier molecular flexibility index (Phi) is 5.89. The molecule has 2 amide bonds. The van der Waals surface area contributed by atoms with Crippen molar-refractivity contribution in [2.75, 3.05) is 45.8 Å². The molecule has 0 aliphatic carbocycles. The molecule has 0 radical (unpaired) electrons. The van der Waals surface area contributed by atoms with Crippen molar-refractivity contribution in [3.05, 3.63) is 24.3 Å². The SMILES string of the molecule is COc1ccc(OCC(=O)N2CCN(C(=O)CCl)CC2)cc1. The fraction of sp³-hybridized carbons (Fsp3) is 0.467. The number of nitrogens with zero attached hydrogens (tertiary/aromatic N) is 2. The van der Waals surface area contributed by atoms with Crippen LogP contribution < -0.4 is 9.47 Å². The Morgan fingerprint density at radius 2 is 1.50 bits per heavy atom. The van der Waals surface area contributed by atoms with Gasteiger partial charge in [-0.05, 0) is 24.3 Å². The van der Waals surface area contributed by atoms with E-state index in [9.17, 15) is 9.59 Å². The molecular weight excluding hydrogens is 308 g/mol. The van der Waals surface area contributed by atoms with Crippen molar-refractivity contribution in [2.24, 2.45) is 0 Å². The van der Waals surface area contributed by atoms with Crippen molar-refractivity contribution >= 4 is 23.4 Å². The van der Waals surface area contributed by atoms with Crippen LogP contribution >= 0.6 is 11.6 Å². The molecule has 0 unspecified atom stereocenters. The van der Waals surface area contributed by atoms with Crippen LogP contribution in [0.15, 0.2) is 24.3 Å². The van der Waals surface area contributed by atoms with Crippen LogP contribution in [0.1, 0.15) is 0 Å². The average Bonchev–Trinajstić information content (AvgIpc) is 2.59. The number of carbonyl (C=O) groups excluding carboxylic acids is 2. The maximum absolute atomic E-state index is 12.1. The minimum atomic E-state index is -0.0942. The van der Waals surface area contributed by atoms with E-state index in [4.69, 9.17) is 21.1 Å². The molecule has 0 N–H and O–H groups in total. The number of carbonyl (C=O) groups is 2. The molecule has 1 fully saturated rings. The second-order valence-electron chi connectivity index (χ2n) is 4.86. The predicted octanol–water partition coefficient (Wildman–Crippen LogP) is 0.984. The zero-order valence-electron chi connectivity index (χ0n) is 12.5. The third-order valence-electron chi connectivity index (χ3n) is 3.52. The number of hydrogen-bond acceptors (Lipinski definition) is 4. The Morgan fingerprint density at radius 3 is 2.00 bits per heavy atom. The molecule has 6 nitrogen and oxygen atoms in total. The van der Waals surface area contributed by atoms with E-state index >= 15 is 0 Å². The van der Waals surface area contributed by atoms with Crippen molar-refractivity contribution in [2.45, 2.75) is 0 Å². The number of amides is 2. The number of piperazine rings is 1. The molecule has 1 saturated heterocycles. The quantitative estimate of drug-likeness (QED) is 0.757. The van der Waals surface area contributed by atoms with E-state index in [0.717, 1.165) is 5.75 Å². The van der Waals surface area contributed by atoms with Crippen LogP contribution in [-0.4, -0.2) is 67.4 Å². The normalized spacial score (nSPS) is 14.6. The highest BCUT2D eigenvalue weighted by atomic mass is 35.5. The summed E-state index contributed by atoms with van der Waals surface area (Å²) in [6, 6.07) is 7.05. The van der Waals surface area contributed by atoms with Crippen LogP contribution in [0.5, 0.6) is 11.5 Å². The van der Waals surface area contributed by atoms with Crippen molar-refractivity contribution in [3.63, 3.8) is 0 Å². The van der Waals surface area contributed by atoms with Crippen molar-refractivity contribution < 1.29 is 19.1 Å². The first kappa shape index (κ1) is 16.4. The lowest BCUT2D eigenvalue weighted by molar-refractivity contribution is -0.139. The van der Waals surface area contributed by atoms with Gasteiger partial charge in [-0.1, -0.05) is 0 Å². The van der Waals surface area contributed by atoms with Crippen LogP contribution in [0.3, 0.4) is 0 Å². The third-order valence-corrected chi connectivity index (χ3v) is 3.75. The van der Waals surface area contributed by atoms with Gasteiger partial charge in [-0.2, -0.15) is 0 Å². The summed E-state index contributed by atoms with van der Waals surface area (Å²) in [5.74, 6) is 1.15. The maximum atomic E-state index is 12.1. The summed E-state index contributed by atoms with van der Waals surface area (Å²) in [7, 11) is 1.59. The van der Waals surface area contributed by atoms with Crippen LogP contribution in [0.25, 0.3) is 0 Å². The van der Waals surface area contributed by atoms with E-state index in [1.165, 1.54) is 0 Å². The Balaban J connectivity index is 1.77. The van der Waals surface area contributed by atoms with E-state index in [0.29, 0.717) is 31.9 Å². The molecule has 1 aromatic rings. The second-order valence-corrected chi connectivity index (χ2v) is 5.13. The molecule has 0 atom stereocenters. The van der Waals surface area contributed by atoms with E-state index in [1.54, 1.807) is 41.2 Å². The van der Waals surface area contributed by atoms with Gasteiger partial charge in [-0.25, -0.2) is 0 Å². The molecule has 7 heteroatoms. The molecule has 120 valence electrons. The lowest BCUT2D eigenvalue weighted by atomic mass is 10.3. The van der Waals surface area contributed by atoms with Crippen molar-refractivity contribution in [1.82, 2.24) is 9.80 Å². The smallest absolute Gasteiger partial charge is 0.260 e. The van der Waals surface area contributed by atoms with Crippen LogP contribution in [0, 0.1) is 0 Å². The molecule has 0 saturated carbocycles. The molecule has 22 heavy (non-hydrogen) atoms. The highest BCUT2D eigenvalue weighted by Gasteiger charge is 2.23. The summed E-state index contributed by atoms with van der Waals surface area (Å²) in [6.07, 6.45) is 0. The zero-order chi connectivity index (χ0) is 15.9. The zero-order valence-corrected chi connectivity index (χ0v) is 13.2. The maximum Gasteiger partial charge on any atom is 0.260 e. The Hall–Kier alpha value is -1.95. The van der Waals surface area contributed by atoms with Gasteiger partial charge in [-0.15, -0.1) is 11.6 Å². The van der Waals surface area contributed by atoms with E-state index < -0.39 is 0 Å². The first-order chi connectivity index (χ1) is 10.6. The number of hydrogen-bond donors (Lipinski definition) is 0. The Bertz CT molecular complexity index is 513.